The third-order valence-electron chi connectivity index (χ3n) is 5.86. The van der Waals surface area contributed by atoms with Crippen LogP contribution in [0.15, 0.2) is 6.20 Å². The van der Waals surface area contributed by atoms with E-state index in [0.717, 1.165) is 18.7 Å². The highest BCUT2D eigenvalue weighted by Crippen LogP contribution is 2.39. The van der Waals surface area contributed by atoms with Crippen molar-refractivity contribution in [2.75, 3.05) is 13.1 Å². The van der Waals surface area contributed by atoms with Crippen molar-refractivity contribution in [2.45, 2.75) is 50.5 Å². The van der Waals surface area contributed by atoms with Gasteiger partial charge in [-0.05, 0) is 32.6 Å². The number of piperidine rings is 1. The minimum Gasteiger partial charge on any atom is -0.481 e. The molecule has 1 atom stereocenters. The van der Waals surface area contributed by atoms with Gasteiger partial charge in [0, 0.05) is 31.6 Å². The molecule has 1 aromatic heterocycles. The fourth-order valence-electron chi connectivity index (χ4n) is 4.11. The number of aromatic nitrogens is 2. The van der Waals surface area contributed by atoms with Crippen molar-refractivity contribution in [1.29, 1.82) is 0 Å². The maximum Gasteiger partial charge on any atom is 0.309 e. The Morgan fingerprint density at radius 3 is 2.58 bits per heavy atom. The molecule has 1 aliphatic carbocycles. The van der Waals surface area contributed by atoms with Gasteiger partial charge in [0.25, 0.3) is 5.91 Å². The summed E-state index contributed by atoms with van der Waals surface area (Å²) in [4.78, 5) is 46.6. The molecule has 0 radical (unpaired) electrons. The fourth-order valence-corrected chi connectivity index (χ4v) is 4.11. The summed E-state index contributed by atoms with van der Waals surface area (Å²) in [5.41, 5.74) is 0.446. The smallest absolute Gasteiger partial charge is 0.309 e. The minimum atomic E-state index is -0.956. The maximum atomic E-state index is 12.8. The van der Waals surface area contributed by atoms with Crippen LogP contribution in [0.2, 0.25) is 0 Å². The van der Waals surface area contributed by atoms with Crippen LogP contribution >= 0.6 is 0 Å². The first-order valence-corrected chi connectivity index (χ1v) is 9.06. The Hall–Kier alpha value is -2.51. The second-order valence-electron chi connectivity index (χ2n) is 7.59. The van der Waals surface area contributed by atoms with E-state index >= 15 is 0 Å². The lowest BCUT2D eigenvalue weighted by Crippen LogP contribution is -2.56. The molecule has 0 aromatic carbocycles. The molecular weight excluding hydrogens is 336 g/mol. The second-order valence-corrected chi connectivity index (χ2v) is 7.59. The highest BCUT2D eigenvalue weighted by Gasteiger charge is 2.52. The van der Waals surface area contributed by atoms with Crippen LogP contribution in [0, 0.1) is 12.8 Å². The molecule has 1 aromatic rings. The molecular formula is C18H22N4O4. The normalized spacial score (nSPS) is 24.6. The number of carbonyl (C=O) groups excluding carboxylic acids is 2. The SMILES string of the molecule is Cc1nc(C2CC2)ncc1C(=O)N1CCC2(CC1)NC(=O)C[C@H]2C(=O)O. The summed E-state index contributed by atoms with van der Waals surface area (Å²) in [5.74, 6) is -0.785. The Balaban J connectivity index is 1.47. The van der Waals surface area contributed by atoms with Gasteiger partial charge in [0.15, 0.2) is 0 Å². The van der Waals surface area contributed by atoms with Gasteiger partial charge in [-0.25, -0.2) is 9.97 Å². The lowest BCUT2D eigenvalue weighted by atomic mass is 9.77. The lowest BCUT2D eigenvalue weighted by Gasteiger charge is -2.41. The number of carbonyl (C=O) groups is 3. The maximum absolute atomic E-state index is 12.8. The number of carboxylic acid groups (broad SMARTS) is 1. The second kappa shape index (κ2) is 6.03. The first-order valence-electron chi connectivity index (χ1n) is 9.06. The van der Waals surface area contributed by atoms with Gasteiger partial charge in [0.2, 0.25) is 5.91 Å². The minimum absolute atomic E-state index is 0.0128. The third kappa shape index (κ3) is 2.83. The molecule has 8 nitrogen and oxygen atoms in total. The monoisotopic (exact) mass is 358 g/mol. The molecule has 0 unspecified atom stereocenters. The predicted octanol–water partition coefficient (Wildman–Crippen LogP) is 0.858. The van der Waals surface area contributed by atoms with E-state index < -0.39 is 17.4 Å². The van der Waals surface area contributed by atoms with Gasteiger partial charge in [0.1, 0.15) is 5.82 Å². The predicted molar refractivity (Wildman–Crippen MR) is 90.5 cm³/mol. The van der Waals surface area contributed by atoms with Crippen LogP contribution in [0.5, 0.6) is 0 Å². The molecule has 0 bridgehead atoms. The van der Waals surface area contributed by atoms with Crippen molar-refractivity contribution in [3.8, 4) is 0 Å². The molecule has 1 saturated carbocycles. The number of hydrogen-bond acceptors (Lipinski definition) is 5. The van der Waals surface area contributed by atoms with Crippen LogP contribution in [0.1, 0.15) is 59.9 Å². The van der Waals surface area contributed by atoms with Crippen LogP contribution < -0.4 is 5.32 Å². The summed E-state index contributed by atoms with van der Waals surface area (Å²) in [6.07, 6.45) is 4.73. The Bertz CT molecular complexity index is 781. The zero-order chi connectivity index (χ0) is 18.5. The first kappa shape index (κ1) is 16.9. The molecule has 2 aliphatic heterocycles. The lowest BCUT2D eigenvalue weighted by molar-refractivity contribution is -0.144. The quantitative estimate of drug-likeness (QED) is 0.829. The molecule has 4 rings (SSSR count). The standard InChI is InChI=1S/C18H22N4O4/c1-10-12(9-19-15(20-10)11-2-3-11)16(24)22-6-4-18(5-7-22)13(17(25)26)8-14(23)21-18/h9,11,13H,2-8H2,1H3,(H,21,23)(H,25,26)/t13-/m0/s1. The van der Waals surface area contributed by atoms with Crippen LogP contribution in [-0.2, 0) is 9.59 Å². The van der Waals surface area contributed by atoms with E-state index in [1.807, 2.05) is 6.92 Å². The summed E-state index contributed by atoms with van der Waals surface area (Å²) in [6, 6.07) is 0. The zero-order valence-corrected chi connectivity index (χ0v) is 14.7. The molecule has 8 heteroatoms. The Labute approximate surface area is 151 Å². The Morgan fingerprint density at radius 2 is 2.00 bits per heavy atom. The summed E-state index contributed by atoms with van der Waals surface area (Å²) in [6.45, 7) is 2.64. The number of carboxylic acids is 1. The summed E-state index contributed by atoms with van der Waals surface area (Å²) >= 11 is 0. The largest absolute Gasteiger partial charge is 0.481 e. The topological polar surface area (TPSA) is 112 Å². The van der Waals surface area contributed by atoms with E-state index in [1.165, 1.54) is 0 Å². The molecule has 1 spiro atoms. The number of nitrogens with zero attached hydrogens (tertiary/aromatic N) is 3. The number of rotatable bonds is 3. The van der Waals surface area contributed by atoms with E-state index in [0.29, 0.717) is 43.1 Å². The molecule has 3 heterocycles. The number of amides is 2. The van der Waals surface area contributed by atoms with E-state index in [1.54, 1.807) is 11.1 Å². The van der Waals surface area contributed by atoms with Gasteiger partial charge in [-0.15, -0.1) is 0 Å². The molecule has 2 saturated heterocycles. The van der Waals surface area contributed by atoms with E-state index in [-0.39, 0.29) is 18.2 Å². The Morgan fingerprint density at radius 1 is 1.31 bits per heavy atom. The van der Waals surface area contributed by atoms with Crippen molar-refractivity contribution in [3.05, 3.63) is 23.3 Å². The van der Waals surface area contributed by atoms with E-state index in [4.69, 9.17) is 0 Å². The summed E-state index contributed by atoms with van der Waals surface area (Å²) < 4.78 is 0. The third-order valence-corrected chi connectivity index (χ3v) is 5.86. The number of nitrogens with one attached hydrogen (secondary N) is 1. The molecule has 3 aliphatic rings. The molecule has 138 valence electrons. The van der Waals surface area contributed by atoms with Crippen molar-refractivity contribution < 1.29 is 19.5 Å². The van der Waals surface area contributed by atoms with Crippen LogP contribution in [0.3, 0.4) is 0 Å². The van der Waals surface area contributed by atoms with Gasteiger partial charge < -0.3 is 15.3 Å². The number of likely N-dealkylation sites (tertiary alicyclic amines) is 1. The van der Waals surface area contributed by atoms with Crippen molar-refractivity contribution in [2.24, 2.45) is 5.92 Å². The number of aliphatic carboxylic acids is 1. The highest BCUT2D eigenvalue weighted by atomic mass is 16.4. The Kier molecular flexibility index (Phi) is 3.93. The van der Waals surface area contributed by atoms with Crippen molar-refractivity contribution >= 4 is 17.8 Å². The molecule has 2 N–H and O–H groups in total. The fraction of sp³-hybridized carbons (Fsp3) is 0.611. The van der Waals surface area contributed by atoms with Gasteiger partial charge >= 0.3 is 5.97 Å². The van der Waals surface area contributed by atoms with Crippen molar-refractivity contribution in [3.63, 3.8) is 0 Å². The molecule has 3 fully saturated rings. The number of hydrogen-bond donors (Lipinski definition) is 2. The summed E-state index contributed by atoms with van der Waals surface area (Å²) in [5, 5.41) is 12.3. The number of aryl methyl sites for hydroxylation is 1. The average Bonchev–Trinajstić information content (AvgIpc) is 3.40. The van der Waals surface area contributed by atoms with Crippen LogP contribution in [0.25, 0.3) is 0 Å². The van der Waals surface area contributed by atoms with Gasteiger partial charge in [0.05, 0.1) is 22.7 Å². The zero-order valence-electron chi connectivity index (χ0n) is 14.7. The van der Waals surface area contributed by atoms with E-state index in [2.05, 4.69) is 15.3 Å². The molecule has 2 amide bonds. The van der Waals surface area contributed by atoms with Crippen LogP contribution in [0.4, 0.5) is 0 Å². The van der Waals surface area contributed by atoms with Crippen LogP contribution in [-0.4, -0.2) is 56.4 Å². The van der Waals surface area contributed by atoms with Gasteiger partial charge in [-0.3, -0.25) is 14.4 Å². The van der Waals surface area contributed by atoms with Gasteiger partial charge in [-0.2, -0.15) is 0 Å². The van der Waals surface area contributed by atoms with E-state index in [9.17, 15) is 19.5 Å². The van der Waals surface area contributed by atoms with Crippen molar-refractivity contribution in [1.82, 2.24) is 20.2 Å². The molecule has 26 heavy (non-hydrogen) atoms. The summed E-state index contributed by atoms with van der Waals surface area (Å²) in [7, 11) is 0. The first-order chi connectivity index (χ1) is 12.4. The van der Waals surface area contributed by atoms with Gasteiger partial charge in [-0.1, -0.05) is 0 Å². The average molecular weight is 358 g/mol. The highest BCUT2D eigenvalue weighted by molar-refractivity contribution is 5.95.